The normalized spacial score (nSPS) is 10.7. The fourth-order valence-electron chi connectivity index (χ4n) is 1.98. The first kappa shape index (κ1) is 13.8. The Morgan fingerprint density at radius 1 is 1.37 bits per heavy atom. The average Bonchev–Trinajstić information content (AvgIpc) is 2.68. The van der Waals surface area contributed by atoms with Crippen LogP contribution in [0.2, 0.25) is 0 Å². The Labute approximate surface area is 118 Å². The molecule has 0 unspecified atom stereocenters. The number of aryl methyl sites for hydroxylation is 3. The lowest BCUT2D eigenvalue weighted by Crippen LogP contribution is -2.04. The number of aromatic amines is 1. The molecule has 1 aromatic carbocycles. The minimum absolute atomic E-state index is 0.658. The van der Waals surface area contributed by atoms with Crippen LogP contribution in [0.3, 0.4) is 0 Å². The largest absolute Gasteiger partial charge is 0.493 e. The van der Waals surface area contributed by atoms with Crippen LogP contribution in [-0.4, -0.2) is 21.4 Å². The Balaban J connectivity index is 1.84. The highest BCUT2D eigenvalue weighted by Crippen LogP contribution is 2.18. The first-order chi connectivity index (χ1) is 9.08. The fraction of sp³-hybridized carbons (Fsp3) is 0.429. The molecule has 0 aliphatic carbocycles. The lowest BCUT2D eigenvalue weighted by Gasteiger charge is -2.09. The van der Waals surface area contributed by atoms with E-state index in [2.05, 4.69) is 36.2 Å². The predicted molar refractivity (Wildman–Crippen MR) is 78.1 cm³/mol. The van der Waals surface area contributed by atoms with Crippen molar-refractivity contribution in [3.63, 3.8) is 0 Å². The van der Waals surface area contributed by atoms with E-state index in [1.165, 1.54) is 11.1 Å². The maximum absolute atomic E-state index is 5.79. The van der Waals surface area contributed by atoms with Crippen molar-refractivity contribution >= 4 is 12.2 Å². The molecule has 0 amide bonds. The Hall–Kier alpha value is -1.62. The molecule has 2 aromatic rings. The van der Waals surface area contributed by atoms with E-state index in [-0.39, 0.29) is 0 Å². The summed E-state index contributed by atoms with van der Waals surface area (Å²) in [7, 11) is 1.92. The van der Waals surface area contributed by atoms with Crippen LogP contribution in [0, 0.1) is 18.6 Å². The van der Waals surface area contributed by atoms with E-state index in [9.17, 15) is 0 Å². The van der Waals surface area contributed by atoms with Crippen molar-refractivity contribution in [1.82, 2.24) is 14.8 Å². The molecule has 4 nitrogen and oxygen atoms in total. The van der Waals surface area contributed by atoms with Gasteiger partial charge in [0.15, 0.2) is 4.77 Å². The number of H-pyrrole nitrogens is 1. The molecule has 2 rings (SSSR count). The van der Waals surface area contributed by atoms with Gasteiger partial charge in [0.05, 0.1) is 6.61 Å². The second kappa shape index (κ2) is 6.02. The summed E-state index contributed by atoms with van der Waals surface area (Å²) < 4.78 is 8.34. The zero-order valence-corrected chi connectivity index (χ0v) is 12.4. The molecule has 19 heavy (non-hydrogen) atoms. The second-order valence-electron chi connectivity index (χ2n) is 4.72. The third kappa shape index (κ3) is 3.44. The summed E-state index contributed by atoms with van der Waals surface area (Å²) in [6.07, 6.45) is 1.77. The third-order valence-corrected chi connectivity index (χ3v) is 3.47. The summed E-state index contributed by atoms with van der Waals surface area (Å²) in [5.41, 5.74) is 2.43. The Bertz CT molecular complexity index is 615. The van der Waals surface area contributed by atoms with Crippen LogP contribution in [0.4, 0.5) is 0 Å². The van der Waals surface area contributed by atoms with Gasteiger partial charge in [-0.1, -0.05) is 17.7 Å². The van der Waals surface area contributed by atoms with Gasteiger partial charge in [0.25, 0.3) is 0 Å². The van der Waals surface area contributed by atoms with Gasteiger partial charge in [-0.2, -0.15) is 5.10 Å². The summed E-state index contributed by atoms with van der Waals surface area (Å²) in [6.45, 7) is 4.84. The van der Waals surface area contributed by atoms with Gasteiger partial charge in [0.2, 0.25) is 0 Å². The standard InChI is InChI=1S/C14H19N3OS/c1-10-6-7-12(11(2)9-10)18-8-4-5-13-15-16-14(19)17(13)3/h6-7,9H,4-5,8H2,1-3H3,(H,16,19). The predicted octanol–water partition coefficient (Wildman–Crippen LogP) is 3.11. The third-order valence-electron chi connectivity index (χ3n) is 3.11. The quantitative estimate of drug-likeness (QED) is 0.674. The van der Waals surface area contributed by atoms with Crippen LogP contribution >= 0.6 is 12.2 Å². The molecule has 0 fully saturated rings. The van der Waals surface area contributed by atoms with Crippen molar-refractivity contribution in [3.8, 4) is 5.75 Å². The number of benzene rings is 1. The number of nitrogens with zero attached hydrogens (tertiary/aromatic N) is 2. The zero-order chi connectivity index (χ0) is 13.8. The van der Waals surface area contributed by atoms with E-state index in [0.717, 1.165) is 24.4 Å². The fourth-order valence-corrected chi connectivity index (χ4v) is 2.13. The maximum Gasteiger partial charge on any atom is 0.194 e. The van der Waals surface area contributed by atoms with Crippen LogP contribution < -0.4 is 4.74 Å². The van der Waals surface area contributed by atoms with Crippen LogP contribution in [0.25, 0.3) is 0 Å². The van der Waals surface area contributed by atoms with Crippen molar-refractivity contribution in [2.24, 2.45) is 7.05 Å². The van der Waals surface area contributed by atoms with Crippen LogP contribution in [0.15, 0.2) is 18.2 Å². The van der Waals surface area contributed by atoms with Crippen LogP contribution in [0.5, 0.6) is 5.75 Å². The molecule has 0 atom stereocenters. The van der Waals surface area contributed by atoms with Gasteiger partial charge in [0.1, 0.15) is 11.6 Å². The van der Waals surface area contributed by atoms with E-state index in [1.54, 1.807) is 0 Å². The van der Waals surface area contributed by atoms with E-state index in [1.807, 2.05) is 17.7 Å². The number of aromatic nitrogens is 3. The van der Waals surface area contributed by atoms with Crippen molar-refractivity contribution in [3.05, 3.63) is 39.9 Å². The van der Waals surface area contributed by atoms with Crippen molar-refractivity contribution < 1.29 is 4.74 Å². The summed E-state index contributed by atoms with van der Waals surface area (Å²) in [5, 5.41) is 6.97. The van der Waals surface area contributed by atoms with Gasteiger partial charge in [-0.15, -0.1) is 0 Å². The van der Waals surface area contributed by atoms with E-state index in [4.69, 9.17) is 17.0 Å². The maximum atomic E-state index is 5.79. The lowest BCUT2D eigenvalue weighted by molar-refractivity contribution is 0.307. The molecule has 5 heteroatoms. The lowest BCUT2D eigenvalue weighted by atomic mass is 10.1. The monoisotopic (exact) mass is 277 g/mol. The molecule has 102 valence electrons. The highest BCUT2D eigenvalue weighted by molar-refractivity contribution is 7.71. The van der Waals surface area contributed by atoms with Gasteiger partial charge in [0, 0.05) is 13.5 Å². The Morgan fingerprint density at radius 2 is 2.16 bits per heavy atom. The van der Waals surface area contributed by atoms with E-state index >= 15 is 0 Å². The smallest absolute Gasteiger partial charge is 0.194 e. The highest BCUT2D eigenvalue weighted by atomic mass is 32.1. The Morgan fingerprint density at radius 3 is 2.79 bits per heavy atom. The molecular weight excluding hydrogens is 258 g/mol. The molecule has 0 saturated carbocycles. The van der Waals surface area contributed by atoms with Crippen molar-refractivity contribution in [2.45, 2.75) is 26.7 Å². The molecule has 1 aromatic heterocycles. The molecular formula is C14H19N3OS. The molecule has 1 N–H and O–H groups in total. The number of hydrogen-bond donors (Lipinski definition) is 1. The van der Waals surface area contributed by atoms with Gasteiger partial charge < -0.3 is 9.30 Å². The Kier molecular flexibility index (Phi) is 4.37. The molecule has 0 bridgehead atoms. The van der Waals surface area contributed by atoms with Crippen LogP contribution in [0.1, 0.15) is 23.4 Å². The van der Waals surface area contributed by atoms with E-state index in [0.29, 0.717) is 11.4 Å². The summed E-state index contributed by atoms with van der Waals surface area (Å²) in [4.78, 5) is 0. The van der Waals surface area contributed by atoms with Crippen LogP contribution in [-0.2, 0) is 13.5 Å². The van der Waals surface area contributed by atoms with Crippen molar-refractivity contribution in [2.75, 3.05) is 6.61 Å². The molecule has 0 spiro atoms. The minimum Gasteiger partial charge on any atom is -0.493 e. The first-order valence-electron chi connectivity index (χ1n) is 6.38. The summed E-state index contributed by atoms with van der Waals surface area (Å²) in [5.74, 6) is 1.93. The number of ether oxygens (including phenoxy) is 1. The zero-order valence-electron chi connectivity index (χ0n) is 11.6. The van der Waals surface area contributed by atoms with Gasteiger partial charge in [-0.05, 0) is 44.1 Å². The summed E-state index contributed by atoms with van der Waals surface area (Å²) in [6, 6.07) is 6.23. The van der Waals surface area contributed by atoms with Gasteiger partial charge >= 0.3 is 0 Å². The molecule has 0 saturated heterocycles. The van der Waals surface area contributed by atoms with Gasteiger partial charge in [-0.25, -0.2) is 0 Å². The SMILES string of the molecule is Cc1ccc(OCCCc2n[nH]c(=S)n2C)c(C)c1. The number of hydrogen-bond acceptors (Lipinski definition) is 3. The number of nitrogens with one attached hydrogen (secondary N) is 1. The minimum atomic E-state index is 0.658. The van der Waals surface area contributed by atoms with E-state index < -0.39 is 0 Å². The molecule has 1 heterocycles. The van der Waals surface area contributed by atoms with Gasteiger partial charge in [-0.3, -0.25) is 5.10 Å². The first-order valence-corrected chi connectivity index (χ1v) is 6.79. The van der Waals surface area contributed by atoms with Crippen molar-refractivity contribution in [1.29, 1.82) is 0 Å². The highest BCUT2D eigenvalue weighted by Gasteiger charge is 2.03. The summed E-state index contributed by atoms with van der Waals surface area (Å²) >= 11 is 5.07. The molecule has 0 radical (unpaired) electrons. The average molecular weight is 277 g/mol. The topological polar surface area (TPSA) is 42.8 Å². The molecule has 0 aliphatic heterocycles. The molecule has 0 aliphatic rings. The second-order valence-corrected chi connectivity index (χ2v) is 5.11. The number of rotatable bonds is 5.